The molecule has 4 rings (SSSR count). The highest BCUT2D eigenvalue weighted by atomic mass is 35.5. The average Bonchev–Trinajstić information content (AvgIpc) is 3.03. The third-order valence-electron chi connectivity index (χ3n) is 3.98. The molecule has 0 aliphatic heterocycles. The Morgan fingerprint density at radius 3 is 2.44 bits per heavy atom. The summed E-state index contributed by atoms with van der Waals surface area (Å²) in [5.74, 6) is 0.691. The molecule has 0 radical (unpaired) electrons. The van der Waals surface area contributed by atoms with Crippen molar-refractivity contribution in [1.29, 1.82) is 0 Å². The number of nitrogens with one attached hydrogen (secondary N) is 1. The molecule has 2 aromatic carbocycles. The number of nitrogens with zero attached hydrogens (tertiary/aromatic N) is 4. The van der Waals surface area contributed by atoms with Crippen LogP contribution in [-0.4, -0.2) is 28.2 Å². The van der Waals surface area contributed by atoms with Crippen molar-refractivity contribution in [2.45, 2.75) is 11.8 Å². The maximum Gasteiger partial charge on any atom is 0.263 e. The summed E-state index contributed by atoms with van der Waals surface area (Å²) in [6.45, 7) is 1.82. The van der Waals surface area contributed by atoms with Crippen molar-refractivity contribution < 1.29 is 8.42 Å². The quantitative estimate of drug-likeness (QED) is 0.566. The number of halogens is 1. The van der Waals surface area contributed by atoms with Gasteiger partial charge in [-0.1, -0.05) is 35.9 Å². The molecular formula is C18H14ClN5O2S. The molecule has 0 spiro atoms. The molecule has 27 heavy (non-hydrogen) atoms. The van der Waals surface area contributed by atoms with Gasteiger partial charge in [-0.25, -0.2) is 8.42 Å². The molecule has 0 saturated carbocycles. The number of hydrogen-bond acceptors (Lipinski definition) is 5. The summed E-state index contributed by atoms with van der Waals surface area (Å²) < 4.78 is 29.2. The minimum Gasteiger partial charge on any atom is -0.280 e. The Morgan fingerprint density at radius 2 is 1.70 bits per heavy atom. The largest absolute Gasteiger partial charge is 0.280 e. The molecule has 7 nitrogen and oxygen atoms in total. The predicted octanol–water partition coefficient (Wildman–Crippen LogP) is 3.55. The normalized spacial score (nSPS) is 11.6. The number of aromatic nitrogens is 4. The molecule has 0 unspecified atom stereocenters. The lowest BCUT2D eigenvalue weighted by atomic mass is 10.1. The minimum absolute atomic E-state index is 0.0333. The minimum atomic E-state index is -3.77. The highest BCUT2D eigenvalue weighted by molar-refractivity contribution is 7.92. The molecule has 136 valence electrons. The molecule has 4 aromatic rings. The van der Waals surface area contributed by atoms with Crippen molar-refractivity contribution in [2.24, 2.45) is 0 Å². The van der Waals surface area contributed by atoms with Crippen LogP contribution in [0.15, 0.2) is 65.6 Å². The second-order valence-corrected chi connectivity index (χ2v) is 7.91. The van der Waals surface area contributed by atoms with E-state index in [-0.39, 0.29) is 9.92 Å². The highest BCUT2D eigenvalue weighted by Crippen LogP contribution is 2.25. The smallest absolute Gasteiger partial charge is 0.263 e. The molecular weight excluding hydrogens is 386 g/mol. The Hall–Kier alpha value is -2.97. The molecule has 0 aliphatic carbocycles. The van der Waals surface area contributed by atoms with Crippen molar-refractivity contribution in [3.63, 3.8) is 0 Å². The van der Waals surface area contributed by atoms with Gasteiger partial charge in [0.1, 0.15) is 4.90 Å². The standard InChI is InChI=1S/C18H14ClN5O2S/c1-12-20-21-18-11-10-16(22-24(12)18)13-6-8-14(9-7-13)23-27(25,26)17-5-3-2-4-15(17)19/h2-11,23H,1H3. The number of aryl methyl sites for hydroxylation is 1. The van der Waals surface area contributed by atoms with E-state index in [9.17, 15) is 8.42 Å². The van der Waals surface area contributed by atoms with E-state index in [0.29, 0.717) is 17.2 Å². The number of rotatable bonds is 4. The van der Waals surface area contributed by atoms with E-state index < -0.39 is 10.0 Å². The van der Waals surface area contributed by atoms with Crippen LogP contribution in [-0.2, 0) is 10.0 Å². The molecule has 0 atom stereocenters. The Balaban J connectivity index is 1.62. The van der Waals surface area contributed by atoms with Gasteiger partial charge in [0.15, 0.2) is 11.5 Å². The van der Waals surface area contributed by atoms with Crippen LogP contribution in [0.5, 0.6) is 0 Å². The Kier molecular flexibility index (Phi) is 4.29. The molecule has 2 heterocycles. The number of hydrogen-bond donors (Lipinski definition) is 1. The first-order chi connectivity index (χ1) is 12.9. The first-order valence-electron chi connectivity index (χ1n) is 8.01. The van der Waals surface area contributed by atoms with E-state index in [4.69, 9.17) is 11.6 Å². The highest BCUT2D eigenvalue weighted by Gasteiger charge is 2.17. The lowest BCUT2D eigenvalue weighted by molar-refractivity contribution is 0.601. The molecule has 0 fully saturated rings. The third-order valence-corrected chi connectivity index (χ3v) is 5.86. The summed E-state index contributed by atoms with van der Waals surface area (Å²) in [4.78, 5) is 0.0333. The van der Waals surface area contributed by atoms with Crippen LogP contribution in [0.2, 0.25) is 5.02 Å². The van der Waals surface area contributed by atoms with Crippen LogP contribution in [0.25, 0.3) is 16.9 Å². The average molecular weight is 400 g/mol. The zero-order valence-corrected chi connectivity index (χ0v) is 15.7. The van der Waals surface area contributed by atoms with Gasteiger partial charge in [-0.2, -0.15) is 9.61 Å². The second kappa shape index (κ2) is 6.64. The van der Waals surface area contributed by atoms with Crippen LogP contribution in [0.4, 0.5) is 5.69 Å². The number of sulfonamides is 1. The van der Waals surface area contributed by atoms with Crippen LogP contribution < -0.4 is 4.72 Å². The fourth-order valence-electron chi connectivity index (χ4n) is 2.63. The molecule has 0 aliphatic rings. The fraction of sp³-hybridized carbons (Fsp3) is 0.0556. The molecule has 0 bridgehead atoms. The summed E-state index contributed by atoms with van der Waals surface area (Å²) in [6.07, 6.45) is 0. The zero-order valence-electron chi connectivity index (χ0n) is 14.2. The van der Waals surface area contributed by atoms with Crippen LogP contribution in [0.1, 0.15) is 5.82 Å². The van der Waals surface area contributed by atoms with Gasteiger partial charge in [0, 0.05) is 11.3 Å². The number of anilines is 1. The molecule has 0 saturated heterocycles. The molecule has 2 aromatic heterocycles. The number of benzene rings is 2. The van der Waals surface area contributed by atoms with Gasteiger partial charge in [0.2, 0.25) is 0 Å². The SMILES string of the molecule is Cc1nnc2ccc(-c3ccc(NS(=O)(=O)c4ccccc4Cl)cc3)nn12. The van der Waals surface area contributed by atoms with E-state index in [1.165, 1.54) is 12.1 Å². The topological polar surface area (TPSA) is 89.2 Å². The van der Waals surface area contributed by atoms with Gasteiger partial charge in [-0.3, -0.25) is 4.72 Å². The maximum atomic E-state index is 12.5. The fourth-order valence-corrected chi connectivity index (χ4v) is 4.21. The van der Waals surface area contributed by atoms with Gasteiger partial charge in [-0.05, 0) is 43.3 Å². The lowest BCUT2D eigenvalue weighted by Crippen LogP contribution is -2.13. The summed E-state index contributed by atoms with van der Waals surface area (Å²) in [7, 11) is -3.77. The van der Waals surface area contributed by atoms with E-state index in [1.54, 1.807) is 40.9 Å². The molecule has 9 heteroatoms. The second-order valence-electron chi connectivity index (χ2n) is 5.85. The monoisotopic (exact) mass is 399 g/mol. The maximum absolute atomic E-state index is 12.5. The first kappa shape index (κ1) is 17.4. The van der Waals surface area contributed by atoms with Crippen LogP contribution in [0, 0.1) is 6.92 Å². The summed E-state index contributed by atoms with van der Waals surface area (Å²) >= 11 is 5.99. The van der Waals surface area contributed by atoms with Gasteiger partial charge < -0.3 is 0 Å². The van der Waals surface area contributed by atoms with Crippen LogP contribution >= 0.6 is 11.6 Å². The Bertz CT molecular complexity index is 1240. The molecule has 0 amide bonds. The first-order valence-corrected chi connectivity index (χ1v) is 9.87. The zero-order chi connectivity index (χ0) is 19.0. The third kappa shape index (κ3) is 3.36. The van der Waals surface area contributed by atoms with Gasteiger partial charge >= 0.3 is 0 Å². The van der Waals surface area contributed by atoms with Crippen molar-refractivity contribution in [2.75, 3.05) is 4.72 Å². The van der Waals surface area contributed by atoms with Crippen LogP contribution in [0.3, 0.4) is 0 Å². The van der Waals surface area contributed by atoms with Crippen molar-refractivity contribution in [3.8, 4) is 11.3 Å². The Morgan fingerprint density at radius 1 is 0.963 bits per heavy atom. The molecule has 1 N–H and O–H groups in total. The van der Waals surface area contributed by atoms with E-state index in [0.717, 1.165) is 11.3 Å². The van der Waals surface area contributed by atoms with E-state index in [2.05, 4.69) is 20.0 Å². The van der Waals surface area contributed by atoms with Gasteiger partial charge in [0.25, 0.3) is 10.0 Å². The lowest BCUT2D eigenvalue weighted by Gasteiger charge is -2.10. The summed E-state index contributed by atoms with van der Waals surface area (Å²) in [5, 5.41) is 12.7. The summed E-state index contributed by atoms with van der Waals surface area (Å²) in [5.41, 5.74) is 2.66. The van der Waals surface area contributed by atoms with Gasteiger partial charge in [0.05, 0.1) is 10.7 Å². The van der Waals surface area contributed by atoms with Gasteiger partial charge in [-0.15, -0.1) is 10.2 Å². The van der Waals surface area contributed by atoms with Crippen molar-refractivity contribution in [1.82, 2.24) is 19.8 Å². The van der Waals surface area contributed by atoms with Crippen molar-refractivity contribution in [3.05, 3.63) is 71.5 Å². The van der Waals surface area contributed by atoms with E-state index in [1.807, 2.05) is 19.1 Å². The number of fused-ring (bicyclic) bond motifs is 1. The predicted molar refractivity (Wildman–Crippen MR) is 103 cm³/mol. The summed E-state index contributed by atoms with van der Waals surface area (Å²) in [6, 6.07) is 16.9. The van der Waals surface area contributed by atoms with E-state index >= 15 is 0 Å². The van der Waals surface area contributed by atoms with Crippen molar-refractivity contribution >= 4 is 33.0 Å². The Labute approximate surface area is 160 Å².